The first-order chi connectivity index (χ1) is 10.2. The number of nitriles is 1. The largest absolute Gasteiger partial charge is 0.352 e. The lowest BCUT2D eigenvalue weighted by molar-refractivity contribution is -0.121. The summed E-state index contributed by atoms with van der Waals surface area (Å²) in [4.78, 5) is 11.8. The van der Waals surface area contributed by atoms with Gasteiger partial charge in [-0.1, -0.05) is 30.3 Å². The van der Waals surface area contributed by atoms with Crippen LogP contribution in [0.4, 0.5) is 4.39 Å². The van der Waals surface area contributed by atoms with Crippen molar-refractivity contribution in [2.75, 3.05) is 0 Å². The Morgan fingerprint density at radius 2 is 2.00 bits per heavy atom. The molecule has 1 N–H and O–H groups in total. The smallest absolute Gasteiger partial charge is 0.220 e. The number of nitrogens with one attached hydrogen (secondary N) is 1. The summed E-state index contributed by atoms with van der Waals surface area (Å²) in [6, 6.07) is 15.6. The number of carbonyl (C=O) groups is 1. The van der Waals surface area contributed by atoms with E-state index in [1.807, 2.05) is 6.07 Å². The molecule has 0 aromatic heterocycles. The van der Waals surface area contributed by atoms with Gasteiger partial charge in [0, 0.05) is 13.0 Å². The Balaban J connectivity index is 1.82. The predicted molar refractivity (Wildman–Crippen MR) is 77.7 cm³/mol. The van der Waals surface area contributed by atoms with Crippen LogP contribution >= 0.6 is 0 Å². The Hall–Kier alpha value is -2.67. The first kappa shape index (κ1) is 14.7. The molecule has 0 unspecified atom stereocenters. The molecular formula is C17H15FN2O. The van der Waals surface area contributed by atoms with Crippen molar-refractivity contribution >= 4 is 5.91 Å². The number of halogens is 1. The van der Waals surface area contributed by atoms with E-state index in [4.69, 9.17) is 5.26 Å². The molecule has 21 heavy (non-hydrogen) atoms. The lowest BCUT2D eigenvalue weighted by Gasteiger charge is -2.06. The van der Waals surface area contributed by atoms with E-state index in [0.717, 1.165) is 5.56 Å². The second kappa shape index (κ2) is 7.20. The normalized spacial score (nSPS) is 9.90. The van der Waals surface area contributed by atoms with Gasteiger partial charge in [0.1, 0.15) is 5.82 Å². The van der Waals surface area contributed by atoms with Crippen molar-refractivity contribution in [3.05, 3.63) is 71.0 Å². The van der Waals surface area contributed by atoms with Crippen molar-refractivity contribution in [3.63, 3.8) is 0 Å². The van der Waals surface area contributed by atoms with E-state index in [1.165, 1.54) is 6.07 Å². The maximum Gasteiger partial charge on any atom is 0.220 e. The van der Waals surface area contributed by atoms with Gasteiger partial charge in [0.2, 0.25) is 5.91 Å². The molecule has 0 saturated carbocycles. The highest BCUT2D eigenvalue weighted by Crippen LogP contribution is 2.09. The zero-order chi connectivity index (χ0) is 15.1. The fraction of sp³-hybridized carbons (Fsp3) is 0.176. The van der Waals surface area contributed by atoms with E-state index in [9.17, 15) is 9.18 Å². The molecule has 0 aliphatic heterocycles. The number of amides is 1. The van der Waals surface area contributed by atoms with Gasteiger partial charge in [0.25, 0.3) is 0 Å². The van der Waals surface area contributed by atoms with E-state index in [1.54, 1.807) is 36.4 Å². The molecule has 2 aromatic carbocycles. The van der Waals surface area contributed by atoms with Crippen LogP contribution in [-0.4, -0.2) is 5.91 Å². The Kier molecular flexibility index (Phi) is 5.05. The molecule has 0 bridgehead atoms. The van der Waals surface area contributed by atoms with Crippen LogP contribution in [0, 0.1) is 17.1 Å². The third-order valence-electron chi connectivity index (χ3n) is 3.13. The zero-order valence-corrected chi connectivity index (χ0v) is 11.5. The lowest BCUT2D eigenvalue weighted by Crippen LogP contribution is -2.23. The number of nitrogens with zero attached hydrogens (tertiary/aromatic N) is 1. The summed E-state index contributed by atoms with van der Waals surface area (Å²) in [6.07, 6.45) is 0.607. The molecule has 1 amide bonds. The fourth-order valence-electron chi connectivity index (χ4n) is 1.99. The van der Waals surface area contributed by atoms with Gasteiger partial charge >= 0.3 is 0 Å². The number of rotatable bonds is 5. The van der Waals surface area contributed by atoms with Crippen molar-refractivity contribution in [1.82, 2.24) is 5.32 Å². The minimum Gasteiger partial charge on any atom is -0.352 e. The molecule has 0 atom stereocenters. The van der Waals surface area contributed by atoms with Crippen LogP contribution in [0.25, 0.3) is 0 Å². The summed E-state index contributed by atoms with van der Waals surface area (Å²) in [5.41, 5.74) is 1.97. The minimum atomic E-state index is -0.285. The van der Waals surface area contributed by atoms with Crippen LogP contribution in [0.1, 0.15) is 23.1 Å². The average molecular weight is 282 g/mol. The Morgan fingerprint density at radius 1 is 1.19 bits per heavy atom. The van der Waals surface area contributed by atoms with Gasteiger partial charge in [0.15, 0.2) is 0 Å². The fourth-order valence-corrected chi connectivity index (χ4v) is 1.99. The SMILES string of the molecule is N#Cc1cccc(CNC(=O)CCc2ccccc2F)c1. The third kappa shape index (κ3) is 4.43. The Morgan fingerprint density at radius 3 is 2.76 bits per heavy atom. The standard InChI is InChI=1S/C17H15FN2O/c18-16-7-2-1-6-15(16)8-9-17(21)20-12-14-5-3-4-13(10-14)11-19/h1-7,10H,8-9,12H2,(H,20,21). The van der Waals surface area contributed by atoms with Crippen molar-refractivity contribution in [2.24, 2.45) is 0 Å². The molecule has 106 valence electrons. The highest BCUT2D eigenvalue weighted by atomic mass is 19.1. The maximum atomic E-state index is 13.4. The van der Waals surface area contributed by atoms with Crippen LogP contribution in [-0.2, 0) is 17.8 Å². The van der Waals surface area contributed by atoms with Crippen LogP contribution in [0.15, 0.2) is 48.5 Å². The molecule has 0 spiro atoms. The van der Waals surface area contributed by atoms with E-state index in [-0.39, 0.29) is 18.1 Å². The molecule has 0 fully saturated rings. The number of carbonyl (C=O) groups excluding carboxylic acids is 1. The summed E-state index contributed by atoms with van der Waals surface area (Å²) in [7, 11) is 0. The zero-order valence-electron chi connectivity index (χ0n) is 11.5. The predicted octanol–water partition coefficient (Wildman–Crippen LogP) is 2.95. The minimum absolute atomic E-state index is 0.138. The van der Waals surface area contributed by atoms with Gasteiger partial charge in [-0.25, -0.2) is 4.39 Å². The Bertz CT molecular complexity index is 676. The summed E-state index contributed by atoms with van der Waals surface area (Å²) in [5, 5.41) is 11.6. The second-order valence-electron chi connectivity index (χ2n) is 4.68. The highest BCUT2D eigenvalue weighted by Gasteiger charge is 2.05. The molecule has 0 saturated heterocycles. The van der Waals surface area contributed by atoms with Crippen molar-refractivity contribution < 1.29 is 9.18 Å². The molecule has 0 radical (unpaired) electrons. The molecular weight excluding hydrogens is 267 g/mol. The quantitative estimate of drug-likeness (QED) is 0.916. The summed E-state index contributed by atoms with van der Waals surface area (Å²) in [5.74, 6) is -0.423. The molecule has 3 nitrogen and oxygen atoms in total. The van der Waals surface area contributed by atoms with E-state index < -0.39 is 0 Å². The molecule has 2 rings (SSSR count). The van der Waals surface area contributed by atoms with Gasteiger partial charge in [-0.15, -0.1) is 0 Å². The van der Waals surface area contributed by atoms with E-state index in [0.29, 0.717) is 24.1 Å². The molecule has 4 heteroatoms. The van der Waals surface area contributed by atoms with Gasteiger partial charge < -0.3 is 5.32 Å². The first-order valence-corrected chi connectivity index (χ1v) is 6.68. The van der Waals surface area contributed by atoms with Crippen LogP contribution < -0.4 is 5.32 Å². The van der Waals surface area contributed by atoms with Gasteiger partial charge in [-0.3, -0.25) is 4.79 Å². The van der Waals surface area contributed by atoms with Crippen molar-refractivity contribution in [1.29, 1.82) is 5.26 Å². The summed E-state index contributed by atoms with van der Waals surface area (Å²) < 4.78 is 13.4. The van der Waals surface area contributed by atoms with Crippen LogP contribution in [0.3, 0.4) is 0 Å². The van der Waals surface area contributed by atoms with E-state index >= 15 is 0 Å². The average Bonchev–Trinajstić information content (AvgIpc) is 2.52. The maximum absolute atomic E-state index is 13.4. The molecule has 2 aromatic rings. The number of benzene rings is 2. The van der Waals surface area contributed by atoms with Crippen molar-refractivity contribution in [2.45, 2.75) is 19.4 Å². The number of hydrogen-bond donors (Lipinski definition) is 1. The molecule has 0 aliphatic rings. The van der Waals surface area contributed by atoms with Crippen LogP contribution in [0.5, 0.6) is 0 Å². The number of aryl methyl sites for hydroxylation is 1. The topological polar surface area (TPSA) is 52.9 Å². The van der Waals surface area contributed by atoms with E-state index in [2.05, 4.69) is 11.4 Å². The second-order valence-corrected chi connectivity index (χ2v) is 4.68. The third-order valence-corrected chi connectivity index (χ3v) is 3.13. The van der Waals surface area contributed by atoms with Crippen LogP contribution in [0.2, 0.25) is 0 Å². The van der Waals surface area contributed by atoms with Crippen molar-refractivity contribution in [3.8, 4) is 6.07 Å². The highest BCUT2D eigenvalue weighted by molar-refractivity contribution is 5.76. The van der Waals surface area contributed by atoms with Gasteiger partial charge in [-0.05, 0) is 35.7 Å². The van der Waals surface area contributed by atoms with Gasteiger partial charge in [-0.2, -0.15) is 5.26 Å². The summed E-state index contributed by atoms with van der Waals surface area (Å²) in [6.45, 7) is 0.367. The van der Waals surface area contributed by atoms with Gasteiger partial charge in [0.05, 0.1) is 11.6 Å². The summed E-state index contributed by atoms with van der Waals surface area (Å²) >= 11 is 0. The lowest BCUT2D eigenvalue weighted by atomic mass is 10.1. The Labute approximate surface area is 123 Å². The molecule has 0 aliphatic carbocycles. The molecule has 0 heterocycles. The number of hydrogen-bond acceptors (Lipinski definition) is 2. The first-order valence-electron chi connectivity index (χ1n) is 6.68. The monoisotopic (exact) mass is 282 g/mol.